The van der Waals surface area contributed by atoms with E-state index in [1.54, 1.807) is 12.1 Å². The van der Waals surface area contributed by atoms with Gasteiger partial charge >= 0.3 is 5.97 Å². The number of hydrogen-bond acceptors (Lipinski definition) is 6. The zero-order chi connectivity index (χ0) is 17.9. The molecule has 0 amide bonds. The molecule has 0 saturated carbocycles. The Balaban J connectivity index is 1.89. The van der Waals surface area contributed by atoms with Crippen molar-refractivity contribution in [2.24, 2.45) is 5.18 Å². The zero-order valence-electron chi connectivity index (χ0n) is 15.0. The molecule has 0 atom stereocenters. The lowest BCUT2D eigenvalue weighted by atomic mass is 10.1. The van der Waals surface area contributed by atoms with Crippen molar-refractivity contribution in [3.63, 3.8) is 0 Å². The van der Waals surface area contributed by atoms with E-state index in [-0.39, 0.29) is 11.3 Å². The van der Waals surface area contributed by atoms with Crippen molar-refractivity contribution in [3.05, 3.63) is 28.7 Å². The number of nitrogens with zero attached hydrogens (tertiary/aromatic N) is 2. The Kier molecular flexibility index (Phi) is 8.39. The summed E-state index contributed by atoms with van der Waals surface area (Å²) in [4.78, 5) is 25.5. The second-order valence-corrected chi connectivity index (χ2v) is 6.30. The fraction of sp³-hybridized carbons (Fsp3) is 0.632. The molecule has 1 aromatic rings. The molecule has 0 bridgehead atoms. The summed E-state index contributed by atoms with van der Waals surface area (Å²) in [5.74, 6) is -0.474. The third-order valence-corrected chi connectivity index (χ3v) is 4.41. The van der Waals surface area contributed by atoms with E-state index in [2.05, 4.69) is 17.0 Å². The summed E-state index contributed by atoms with van der Waals surface area (Å²) in [7, 11) is 0. The first-order valence-electron chi connectivity index (χ1n) is 9.23. The molecule has 1 aliphatic heterocycles. The van der Waals surface area contributed by atoms with Gasteiger partial charge in [-0.3, -0.25) is 0 Å². The highest BCUT2D eigenvalue weighted by Crippen LogP contribution is 2.27. The van der Waals surface area contributed by atoms with Gasteiger partial charge in [-0.15, -0.1) is 4.91 Å². The van der Waals surface area contributed by atoms with Crippen LogP contribution in [0, 0.1) is 4.91 Å². The summed E-state index contributed by atoms with van der Waals surface area (Å²) in [5, 5.41) is 2.96. The van der Waals surface area contributed by atoms with Crippen LogP contribution in [0.15, 0.2) is 23.4 Å². The molecule has 0 unspecified atom stereocenters. The molecule has 6 nitrogen and oxygen atoms in total. The quantitative estimate of drug-likeness (QED) is 0.355. The molecule has 1 aliphatic rings. The molecule has 1 saturated heterocycles. The van der Waals surface area contributed by atoms with E-state index < -0.39 is 5.97 Å². The van der Waals surface area contributed by atoms with Gasteiger partial charge in [-0.2, -0.15) is 0 Å². The van der Waals surface area contributed by atoms with Gasteiger partial charge in [-0.1, -0.05) is 39.0 Å². The van der Waals surface area contributed by atoms with Crippen LogP contribution in [0.1, 0.15) is 55.8 Å². The summed E-state index contributed by atoms with van der Waals surface area (Å²) in [6.45, 7) is 5.41. The third-order valence-electron chi connectivity index (χ3n) is 4.41. The molecule has 0 radical (unpaired) electrons. The fourth-order valence-corrected chi connectivity index (χ4v) is 2.91. The maximum atomic E-state index is 12.3. The molecule has 0 N–H and O–H groups in total. The van der Waals surface area contributed by atoms with Gasteiger partial charge in [-0.05, 0) is 29.8 Å². The second kappa shape index (κ2) is 10.8. The first-order chi connectivity index (χ1) is 12.3. The summed E-state index contributed by atoms with van der Waals surface area (Å²) in [5.41, 5.74) is 1.26. The monoisotopic (exact) mass is 348 g/mol. The molecule has 25 heavy (non-hydrogen) atoms. The first kappa shape index (κ1) is 19.4. The van der Waals surface area contributed by atoms with E-state index >= 15 is 0 Å². The summed E-state index contributed by atoms with van der Waals surface area (Å²) < 4.78 is 10.7. The van der Waals surface area contributed by atoms with Crippen molar-refractivity contribution in [1.29, 1.82) is 0 Å². The van der Waals surface area contributed by atoms with Crippen molar-refractivity contribution in [1.82, 2.24) is 0 Å². The molecule has 0 aromatic heterocycles. The Hall–Kier alpha value is -1.95. The number of morpholine rings is 1. The molecule has 2 rings (SSSR count). The van der Waals surface area contributed by atoms with E-state index in [9.17, 15) is 9.70 Å². The molecule has 1 heterocycles. The van der Waals surface area contributed by atoms with E-state index in [0.717, 1.165) is 31.6 Å². The number of unbranched alkanes of at least 4 members (excludes halogenated alkanes) is 5. The molecule has 138 valence electrons. The Morgan fingerprint density at radius 1 is 1.16 bits per heavy atom. The number of carbonyl (C=O) groups is 1. The van der Waals surface area contributed by atoms with E-state index in [1.165, 1.54) is 25.7 Å². The largest absolute Gasteiger partial charge is 0.462 e. The highest BCUT2D eigenvalue weighted by Gasteiger charge is 2.18. The van der Waals surface area contributed by atoms with Gasteiger partial charge in [0.25, 0.3) is 0 Å². The average molecular weight is 348 g/mol. The molecule has 1 fully saturated rings. The highest BCUT2D eigenvalue weighted by atomic mass is 16.5. The number of hydrogen-bond donors (Lipinski definition) is 0. The molecule has 1 aromatic carbocycles. The van der Waals surface area contributed by atoms with Crippen molar-refractivity contribution in [2.45, 2.75) is 45.4 Å². The summed E-state index contributed by atoms with van der Waals surface area (Å²) in [6.07, 6.45) is 6.77. The molecule has 6 heteroatoms. The Bertz CT molecular complexity index is 556. The summed E-state index contributed by atoms with van der Waals surface area (Å²) in [6, 6.07) is 5.09. The number of benzene rings is 1. The van der Waals surface area contributed by atoms with Crippen LogP contribution in [0.4, 0.5) is 11.4 Å². The van der Waals surface area contributed by atoms with Gasteiger partial charge in [0.15, 0.2) is 0 Å². The predicted octanol–water partition coefficient (Wildman–Crippen LogP) is 4.44. The van der Waals surface area contributed by atoms with Crippen LogP contribution in [-0.4, -0.2) is 38.9 Å². The Morgan fingerprint density at radius 2 is 1.88 bits per heavy atom. The van der Waals surface area contributed by atoms with Crippen LogP contribution in [0.3, 0.4) is 0 Å². The lowest BCUT2D eigenvalue weighted by molar-refractivity contribution is 0.0498. The van der Waals surface area contributed by atoms with Crippen LogP contribution >= 0.6 is 0 Å². The number of esters is 1. The van der Waals surface area contributed by atoms with E-state index in [0.29, 0.717) is 19.8 Å². The van der Waals surface area contributed by atoms with Crippen LogP contribution in [-0.2, 0) is 9.47 Å². The highest BCUT2D eigenvalue weighted by molar-refractivity contribution is 5.96. The van der Waals surface area contributed by atoms with Crippen molar-refractivity contribution in [2.75, 3.05) is 37.8 Å². The maximum Gasteiger partial charge on any atom is 0.340 e. The average Bonchev–Trinajstić information content (AvgIpc) is 2.67. The number of anilines is 1. The molecular weight excluding hydrogens is 320 g/mol. The second-order valence-electron chi connectivity index (χ2n) is 6.30. The van der Waals surface area contributed by atoms with Crippen LogP contribution in [0.2, 0.25) is 0 Å². The van der Waals surface area contributed by atoms with Gasteiger partial charge in [0, 0.05) is 18.8 Å². The Labute approximate surface area is 149 Å². The van der Waals surface area contributed by atoms with Gasteiger partial charge in [-0.25, -0.2) is 4.79 Å². The molecular formula is C19H28N2O4. The van der Waals surface area contributed by atoms with Gasteiger partial charge < -0.3 is 14.4 Å². The van der Waals surface area contributed by atoms with Crippen molar-refractivity contribution in [3.8, 4) is 0 Å². The van der Waals surface area contributed by atoms with Crippen molar-refractivity contribution >= 4 is 17.3 Å². The summed E-state index contributed by atoms with van der Waals surface area (Å²) >= 11 is 0. The number of carbonyl (C=O) groups excluding carboxylic acids is 1. The fourth-order valence-electron chi connectivity index (χ4n) is 2.91. The smallest absolute Gasteiger partial charge is 0.340 e. The van der Waals surface area contributed by atoms with Crippen LogP contribution in [0.25, 0.3) is 0 Å². The van der Waals surface area contributed by atoms with E-state index in [1.807, 2.05) is 6.07 Å². The van der Waals surface area contributed by atoms with Gasteiger partial charge in [0.1, 0.15) is 5.69 Å². The number of rotatable bonds is 10. The number of nitroso groups, excluding NO2 is 1. The normalized spacial score (nSPS) is 14.4. The lowest BCUT2D eigenvalue weighted by Crippen LogP contribution is -2.36. The maximum absolute atomic E-state index is 12.3. The van der Waals surface area contributed by atoms with Crippen LogP contribution in [0.5, 0.6) is 0 Å². The SMILES string of the molecule is CCCCCCCCOC(=O)c1cc(N2CCOCC2)ccc1N=O. The first-order valence-corrected chi connectivity index (χ1v) is 9.23. The third kappa shape index (κ3) is 6.12. The van der Waals surface area contributed by atoms with Gasteiger partial charge in [0.2, 0.25) is 0 Å². The zero-order valence-corrected chi connectivity index (χ0v) is 15.0. The van der Waals surface area contributed by atoms with Crippen molar-refractivity contribution < 1.29 is 14.3 Å². The van der Waals surface area contributed by atoms with Gasteiger partial charge in [0.05, 0.1) is 25.4 Å². The molecule has 0 aliphatic carbocycles. The lowest BCUT2D eigenvalue weighted by Gasteiger charge is -2.29. The topological polar surface area (TPSA) is 68.2 Å². The van der Waals surface area contributed by atoms with E-state index in [4.69, 9.17) is 9.47 Å². The minimum Gasteiger partial charge on any atom is -0.462 e. The molecule has 0 spiro atoms. The predicted molar refractivity (Wildman–Crippen MR) is 98.6 cm³/mol. The Morgan fingerprint density at radius 3 is 2.60 bits per heavy atom. The number of ether oxygens (including phenoxy) is 2. The minimum atomic E-state index is -0.474. The standard InChI is InChI=1S/C19H28N2O4/c1-2-3-4-5-6-7-12-25-19(22)17-15-16(8-9-18(17)20-23)21-10-13-24-14-11-21/h8-9,15H,2-7,10-14H2,1H3. The van der Waals surface area contributed by atoms with Crippen LogP contribution < -0.4 is 4.90 Å². The minimum absolute atomic E-state index is 0.130.